The van der Waals surface area contributed by atoms with E-state index in [2.05, 4.69) is 26.3 Å². The van der Waals surface area contributed by atoms with Crippen molar-refractivity contribution < 1.29 is 9.53 Å². The minimum absolute atomic E-state index is 0.0648. The molecule has 1 fully saturated rings. The summed E-state index contributed by atoms with van der Waals surface area (Å²) in [6.07, 6.45) is 7.10. The molecule has 2 heterocycles. The first kappa shape index (κ1) is 18.2. The summed E-state index contributed by atoms with van der Waals surface area (Å²) < 4.78 is 7.89. The van der Waals surface area contributed by atoms with E-state index in [1.54, 1.807) is 29.8 Å². The first-order chi connectivity index (χ1) is 13.3. The predicted octanol–water partition coefficient (Wildman–Crippen LogP) is 3.68. The number of hydrogen-bond donors (Lipinski definition) is 1. The maximum atomic E-state index is 12.3. The number of benzene rings is 1. The van der Waals surface area contributed by atoms with Crippen LogP contribution in [0.5, 0.6) is 6.01 Å². The fourth-order valence-electron chi connectivity index (χ4n) is 3.13. The predicted molar refractivity (Wildman–Crippen MR) is 107 cm³/mol. The van der Waals surface area contributed by atoms with Gasteiger partial charge in [0.1, 0.15) is 6.10 Å². The minimum atomic E-state index is 0.0648. The second kappa shape index (κ2) is 8.67. The van der Waals surface area contributed by atoms with Gasteiger partial charge in [0.15, 0.2) is 4.34 Å². The number of hydrogen-bond acceptors (Lipinski definition) is 7. The number of amides is 1. The van der Waals surface area contributed by atoms with E-state index in [9.17, 15) is 4.79 Å². The normalized spacial score (nSPS) is 19.7. The Morgan fingerprint density at radius 2 is 1.93 bits per heavy atom. The number of aromatic nitrogens is 3. The highest BCUT2D eigenvalue weighted by Crippen LogP contribution is 2.29. The molecule has 0 atom stereocenters. The number of para-hydroxylation sites is 1. The number of carbonyl (C=O) groups is 1. The lowest BCUT2D eigenvalue weighted by molar-refractivity contribution is -0.119. The van der Waals surface area contributed by atoms with Gasteiger partial charge in [-0.2, -0.15) is 0 Å². The third-order valence-corrected chi connectivity index (χ3v) is 6.63. The highest BCUT2D eigenvalue weighted by atomic mass is 32.2. The molecule has 1 saturated carbocycles. The van der Waals surface area contributed by atoms with Crippen LogP contribution >= 0.6 is 23.1 Å². The smallest absolute Gasteiger partial charge is 0.316 e. The average Bonchev–Trinajstić information content (AvgIpc) is 3.12. The Hall–Kier alpha value is -2.19. The first-order valence-corrected chi connectivity index (χ1v) is 10.8. The maximum absolute atomic E-state index is 12.3. The van der Waals surface area contributed by atoms with Crippen molar-refractivity contribution >= 4 is 39.2 Å². The van der Waals surface area contributed by atoms with Crippen molar-refractivity contribution in [3.63, 3.8) is 0 Å². The van der Waals surface area contributed by atoms with E-state index in [0.717, 1.165) is 40.2 Å². The molecule has 3 aromatic rings. The zero-order valence-electron chi connectivity index (χ0n) is 14.7. The van der Waals surface area contributed by atoms with Crippen molar-refractivity contribution in [1.29, 1.82) is 0 Å². The standard InChI is InChI=1S/C19H20N4O2S2/c24-17(12-26-19-23-15-4-1-2-5-16(15)27-19)22-13-6-8-14(9-7-13)25-18-20-10-3-11-21-18/h1-5,10-11,13-14H,6-9,12H2,(H,22,24). The van der Waals surface area contributed by atoms with Crippen LogP contribution < -0.4 is 10.1 Å². The molecule has 0 saturated heterocycles. The molecule has 140 valence electrons. The van der Waals surface area contributed by atoms with Gasteiger partial charge in [-0.1, -0.05) is 23.9 Å². The molecule has 0 spiro atoms. The fourth-order valence-corrected chi connectivity index (χ4v) is 5.01. The van der Waals surface area contributed by atoms with E-state index < -0.39 is 0 Å². The zero-order valence-corrected chi connectivity index (χ0v) is 16.3. The molecule has 1 amide bonds. The van der Waals surface area contributed by atoms with Crippen LogP contribution in [0, 0.1) is 0 Å². The van der Waals surface area contributed by atoms with Crippen molar-refractivity contribution in [3.8, 4) is 6.01 Å². The van der Waals surface area contributed by atoms with Crippen LogP contribution in [0.4, 0.5) is 0 Å². The lowest BCUT2D eigenvalue weighted by Gasteiger charge is -2.28. The Bertz CT molecular complexity index is 862. The zero-order chi connectivity index (χ0) is 18.5. The van der Waals surface area contributed by atoms with Crippen LogP contribution in [0.25, 0.3) is 10.2 Å². The van der Waals surface area contributed by atoms with E-state index >= 15 is 0 Å². The lowest BCUT2D eigenvalue weighted by atomic mass is 9.93. The van der Waals surface area contributed by atoms with Crippen LogP contribution in [0.15, 0.2) is 47.1 Å². The first-order valence-electron chi connectivity index (χ1n) is 8.98. The van der Waals surface area contributed by atoms with Crippen molar-refractivity contribution in [1.82, 2.24) is 20.3 Å². The van der Waals surface area contributed by atoms with E-state index in [1.165, 1.54) is 11.8 Å². The molecule has 8 heteroatoms. The number of fused-ring (bicyclic) bond motifs is 1. The molecule has 0 unspecified atom stereocenters. The van der Waals surface area contributed by atoms with Crippen LogP contribution in [-0.2, 0) is 4.79 Å². The van der Waals surface area contributed by atoms with Crippen LogP contribution in [0.1, 0.15) is 25.7 Å². The summed E-state index contributed by atoms with van der Waals surface area (Å²) >= 11 is 3.13. The van der Waals surface area contributed by atoms with E-state index in [0.29, 0.717) is 11.8 Å². The number of ether oxygens (including phenoxy) is 1. The number of nitrogens with one attached hydrogen (secondary N) is 1. The van der Waals surface area contributed by atoms with E-state index in [-0.39, 0.29) is 18.1 Å². The largest absolute Gasteiger partial charge is 0.460 e. The van der Waals surface area contributed by atoms with Gasteiger partial charge < -0.3 is 10.1 Å². The molecular formula is C19H20N4O2S2. The van der Waals surface area contributed by atoms with Crippen molar-refractivity contribution in [3.05, 3.63) is 42.7 Å². The quantitative estimate of drug-likeness (QED) is 0.636. The molecular weight excluding hydrogens is 380 g/mol. The third-order valence-electron chi connectivity index (χ3n) is 4.45. The van der Waals surface area contributed by atoms with Crippen LogP contribution in [-0.4, -0.2) is 38.8 Å². The molecule has 4 rings (SSSR count). The monoisotopic (exact) mass is 400 g/mol. The molecule has 1 aliphatic carbocycles. The fraction of sp³-hybridized carbons (Fsp3) is 0.368. The summed E-state index contributed by atoms with van der Waals surface area (Å²) in [7, 11) is 0. The van der Waals surface area contributed by atoms with Crippen molar-refractivity contribution in [2.75, 3.05) is 5.75 Å². The van der Waals surface area contributed by atoms with Gasteiger partial charge in [0.05, 0.1) is 16.0 Å². The number of rotatable bonds is 6. The van der Waals surface area contributed by atoms with Crippen molar-refractivity contribution in [2.45, 2.75) is 42.2 Å². The third kappa shape index (κ3) is 4.95. The Balaban J connectivity index is 1.20. The lowest BCUT2D eigenvalue weighted by Crippen LogP contribution is -2.40. The van der Waals surface area contributed by atoms with Gasteiger partial charge in [-0.15, -0.1) is 11.3 Å². The molecule has 0 bridgehead atoms. The molecule has 1 aliphatic rings. The number of thiazole rings is 1. The maximum Gasteiger partial charge on any atom is 0.316 e. The summed E-state index contributed by atoms with van der Waals surface area (Å²) in [6.45, 7) is 0. The summed E-state index contributed by atoms with van der Waals surface area (Å²) in [5.74, 6) is 0.462. The number of thioether (sulfide) groups is 1. The van der Waals surface area contributed by atoms with Crippen molar-refractivity contribution in [2.24, 2.45) is 0 Å². The molecule has 2 aromatic heterocycles. The molecule has 1 N–H and O–H groups in total. The topological polar surface area (TPSA) is 77.0 Å². The average molecular weight is 401 g/mol. The van der Waals surface area contributed by atoms with Gasteiger partial charge in [0.25, 0.3) is 0 Å². The molecule has 27 heavy (non-hydrogen) atoms. The second-order valence-electron chi connectivity index (χ2n) is 6.43. The Morgan fingerprint density at radius 3 is 2.70 bits per heavy atom. The Kier molecular flexibility index (Phi) is 5.84. The second-order valence-corrected chi connectivity index (χ2v) is 8.68. The van der Waals surface area contributed by atoms with Crippen LogP contribution in [0.3, 0.4) is 0 Å². The Morgan fingerprint density at radius 1 is 1.15 bits per heavy atom. The minimum Gasteiger partial charge on any atom is -0.460 e. The van der Waals surface area contributed by atoms with Gasteiger partial charge in [0, 0.05) is 18.4 Å². The highest BCUT2D eigenvalue weighted by molar-refractivity contribution is 8.01. The van der Waals surface area contributed by atoms with Gasteiger partial charge in [-0.05, 0) is 43.9 Å². The molecule has 0 aliphatic heterocycles. The molecule has 6 nitrogen and oxygen atoms in total. The van der Waals surface area contributed by atoms with Gasteiger partial charge >= 0.3 is 6.01 Å². The highest BCUT2D eigenvalue weighted by Gasteiger charge is 2.24. The van der Waals surface area contributed by atoms with E-state index in [4.69, 9.17) is 4.74 Å². The molecule has 1 aromatic carbocycles. The Labute approximate surface area is 165 Å². The van der Waals surface area contributed by atoms with Crippen LogP contribution in [0.2, 0.25) is 0 Å². The summed E-state index contributed by atoms with van der Waals surface area (Å²) in [5.41, 5.74) is 0.992. The SMILES string of the molecule is O=C(CSc1nc2ccccc2s1)NC1CCC(Oc2ncccn2)CC1. The number of nitrogens with zero attached hydrogens (tertiary/aromatic N) is 3. The van der Waals surface area contributed by atoms with Gasteiger partial charge in [-0.3, -0.25) is 4.79 Å². The number of carbonyl (C=O) groups excluding carboxylic acids is 1. The summed E-state index contributed by atoms with van der Waals surface area (Å²) in [6, 6.07) is 10.4. The van der Waals surface area contributed by atoms with Gasteiger partial charge in [-0.25, -0.2) is 15.0 Å². The van der Waals surface area contributed by atoms with E-state index in [1.807, 2.05) is 18.2 Å². The van der Waals surface area contributed by atoms with Gasteiger partial charge in [0.2, 0.25) is 5.91 Å². The molecule has 0 radical (unpaired) electrons. The summed E-state index contributed by atoms with van der Waals surface area (Å²) in [5, 5.41) is 3.14. The summed E-state index contributed by atoms with van der Waals surface area (Å²) in [4.78, 5) is 25.0.